The highest BCUT2D eigenvalue weighted by atomic mass is 16.4. The van der Waals surface area contributed by atoms with Crippen molar-refractivity contribution >= 4 is 29.7 Å². The van der Waals surface area contributed by atoms with E-state index in [4.69, 9.17) is 9.52 Å². The number of aryl methyl sites for hydroxylation is 1. The van der Waals surface area contributed by atoms with E-state index >= 15 is 0 Å². The summed E-state index contributed by atoms with van der Waals surface area (Å²) in [6.07, 6.45) is 1.36. The summed E-state index contributed by atoms with van der Waals surface area (Å²) in [4.78, 5) is 34.4. The van der Waals surface area contributed by atoms with Crippen LogP contribution in [0.1, 0.15) is 39.0 Å². The van der Waals surface area contributed by atoms with Crippen LogP contribution in [0, 0.1) is 6.92 Å². The number of amides is 2. The maximum atomic E-state index is 12.2. The molecule has 0 fully saturated rings. The molecule has 1 aromatic heterocycles. The highest BCUT2D eigenvalue weighted by Crippen LogP contribution is 2.26. The lowest BCUT2D eigenvalue weighted by Crippen LogP contribution is -2.18. The summed E-state index contributed by atoms with van der Waals surface area (Å²) >= 11 is 0. The number of hydrazone groups is 1. The maximum Gasteiger partial charge on any atom is 0.335 e. The van der Waals surface area contributed by atoms with Gasteiger partial charge in [-0.3, -0.25) is 9.59 Å². The molecule has 30 heavy (non-hydrogen) atoms. The van der Waals surface area contributed by atoms with Crippen LogP contribution >= 0.6 is 0 Å². The van der Waals surface area contributed by atoms with Crippen LogP contribution in [0.5, 0.6) is 0 Å². The van der Waals surface area contributed by atoms with Gasteiger partial charge in [-0.2, -0.15) is 5.10 Å². The molecule has 0 radical (unpaired) electrons. The van der Waals surface area contributed by atoms with Gasteiger partial charge in [0.05, 0.1) is 11.8 Å². The van der Waals surface area contributed by atoms with E-state index < -0.39 is 11.9 Å². The van der Waals surface area contributed by atoms with Crippen LogP contribution in [-0.2, 0) is 4.79 Å². The Morgan fingerprint density at radius 3 is 2.53 bits per heavy atom. The molecule has 2 amide bonds. The van der Waals surface area contributed by atoms with Gasteiger partial charge in [-0.25, -0.2) is 10.2 Å². The standard InChI is InChI=1S/C22H19N3O5/c1-13-10-16(22(28)29)6-8-19(13)20-9-7-18(30-20)12-23-25-21(27)15-4-3-5-17(11-15)24-14(2)26/h3-12H,1-2H3,(H,24,26)(H,25,27)(H,28,29). The van der Waals surface area contributed by atoms with E-state index in [2.05, 4.69) is 15.8 Å². The molecule has 8 nitrogen and oxygen atoms in total. The Morgan fingerprint density at radius 1 is 1.03 bits per heavy atom. The molecular weight excluding hydrogens is 386 g/mol. The van der Waals surface area contributed by atoms with Gasteiger partial charge in [0.15, 0.2) is 0 Å². The monoisotopic (exact) mass is 405 g/mol. The largest absolute Gasteiger partial charge is 0.478 e. The number of hydrogen-bond acceptors (Lipinski definition) is 5. The Bertz CT molecular complexity index is 1150. The predicted molar refractivity (Wildman–Crippen MR) is 112 cm³/mol. The first-order valence-corrected chi connectivity index (χ1v) is 8.98. The number of carboxylic acid groups (broad SMARTS) is 1. The molecule has 1 heterocycles. The number of carboxylic acids is 1. The van der Waals surface area contributed by atoms with E-state index in [0.29, 0.717) is 22.8 Å². The lowest BCUT2D eigenvalue weighted by Gasteiger charge is -2.04. The van der Waals surface area contributed by atoms with Crippen molar-refractivity contribution in [2.75, 3.05) is 5.32 Å². The van der Waals surface area contributed by atoms with Crippen molar-refractivity contribution in [1.29, 1.82) is 0 Å². The van der Waals surface area contributed by atoms with Crippen LogP contribution in [0.4, 0.5) is 5.69 Å². The molecule has 0 unspecified atom stereocenters. The first kappa shape index (κ1) is 20.5. The summed E-state index contributed by atoms with van der Waals surface area (Å²) in [6, 6.07) is 14.7. The minimum Gasteiger partial charge on any atom is -0.478 e. The molecule has 3 aromatic rings. The minimum atomic E-state index is -0.990. The number of furan rings is 1. The summed E-state index contributed by atoms with van der Waals surface area (Å²) in [5, 5.41) is 15.6. The number of anilines is 1. The zero-order chi connectivity index (χ0) is 21.7. The van der Waals surface area contributed by atoms with E-state index in [9.17, 15) is 14.4 Å². The Hall–Kier alpha value is -4.20. The molecule has 0 bridgehead atoms. The summed E-state index contributed by atoms with van der Waals surface area (Å²) < 4.78 is 5.71. The Labute approximate surface area is 172 Å². The molecule has 152 valence electrons. The van der Waals surface area contributed by atoms with E-state index in [1.165, 1.54) is 19.2 Å². The number of nitrogens with zero attached hydrogens (tertiary/aromatic N) is 1. The quantitative estimate of drug-likeness (QED) is 0.427. The van der Waals surface area contributed by atoms with Crippen LogP contribution < -0.4 is 10.7 Å². The van der Waals surface area contributed by atoms with Crippen LogP contribution in [-0.4, -0.2) is 29.1 Å². The van der Waals surface area contributed by atoms with E-state index in [-0.39, 0.29) is 11.5 Å². The number of aromatic carboxylic acids is 1. The zero-order valence-electron chi connectivity index (χ0n) is 16.3. The Morgan fingerprint density at radius 2 is 1.83 bits per heavy atom. The molecule has 2 aromatic carbocycles. The lowest BCUT2D eigenvalue weighted by atomic mass is 10.0. The third kappa shape index (κ3) is 4.99. The molecule has 0 spiro atoms. The highest BCUT2D eigenvalue weighted by molar-refractivity contribution is 5.97. The average Bonchev–Trinajstić information content (AvgIpc) is 3.16. The summed E-state index contributed by atoms with van der Waals surface area (Å²) in [6.45, 7) is 3.18. The number of carbonyl (C=O) groups excluding carboxylic acids is 2. The van der Waals surface area contributed by atoms with E-state index in [1.807, 2.05) is 0 Å². The minimum absolute atomic E-state index is 0.204. The third-order valence-electron chi connectivity index (χ3n) is 4.17. The number of nitrogens with one attached hydrogen (secondary N) is 2. The maximum absolute atomic E-state index is 12.2. The summed E-state index contributed by atoms with van der Waals surface area (Å²) in [5.74, 6) is -0.688. The lowest BCUT2D eigenvalue weighted by molar-refractivity contribution is -0.114. The van der Waals surface area contributed by atoms with Gasteiger partial charge in [-0.05, 0) is 55.0 Å². The van der Waals surface area contributed by atoms with Gasteiger partial charge in [-0.1, -0.05) is 12.1 Å². The highest BCUT2D eigenvalue weighted by Gasteiger charge is 2.10. The Kier molecular flexibility index (Phi) is 6.07. The van der Waals surface area contributed by atoms with Crippen molar-refractivity contribution in [3.63, 3.8) is 0 Å². The number of carbonyl (C=O) groups is 3. The third-order valence-corrected chi connectivity index (χ3v) is 4.17. The topological polar surface area (TPSA) is 121 Å². The molecule has 3 N–H and O–H groups in total. The van der Waals surface area contributed by atoms with Crippen LogP contribution in [0.15, 0.2) is 64.1 Å². The second-order valence-electron chi connectivity index (χ2n) is 6.50. The Balaban J connectivity index is 1.67. The number of benzene rings is 2. The summed E-state index contributed by atoms with van der Waals surface area (Å²) in [7, 11) is 0. The van der Waals surface area contributed by atoms with Crippen molar-refractivity contribution in [2.24, 2.45) is 5.10 Å². The van der Waals surface area contributed by atoms with Crippen molar-refractivity contribution in [3.05, 3.63) is 77.0 Å². The van der Waals surface area contributed by atoms with E-state index in [0.717, 1.165) is 11.1 Å². The van der Waals surface area contributed by atoms with E-state index in [1.54, 1.807) is 55.5 Å². The number of hydrogen-bond donors (Lipinski definition) is 3. The first-order valence-electron chi connectivity index (χ1n) is 8.98. The smallest absolute Gasteiger partial charge is 0.335 e. The fourth-order valence-electron chi connectivity index (χ4n) is 2.80. The molecular formula is C22H19N3O5. The van der Waals surface area contributed by atoms with Crippen molar-refractivity contribution in [1.82, 2.24) is 5.43 Å². The predicted octanol–water partition coefficient (Wildman–Crippen LogP) is 3.68. The van der Waals surface area contributed by atoms with Gasteiger partial charge in [0, 0.05) is 23.7 Å². The molecule has 0 aliphatic carbocycles. The molecule has 0 saturated carbocycles. The fourth-order valence-corrected chi connectivity index (χ4v) is 2.80. The van der Waals surface area contributed by atoms with Crippen molar-refractivity contribution < 1.29 is 23.9 Å². The molecule has 0 aliphatic rings. The second kappa shape index (κ2) is 8.87. The first-order chi connectivity index (χ1) is 14.3. The van der Waals surface area contributed by atoms with Crippen LogP contribution in [0.3, 0.4) is 0 Å². The second-order valence-corrected chi connectivity index (χ2v) is 6.50. The van der Waals surface area contributed by atoms with Crippen LogP contribution in [0.25, 0.3) is 11.3 Å². The fraction of sp³-hybridized carbons (Fsp3) is 0.0909. The van der Waals surface area contributed by atoms with Crippen molar-refractivity contribution in [2.45, 2.75) is 13.8 Å². The van der Waals surface area contributed by atoms with Gasteiger partial charge in [-0.15, -0.1) is 0 Å². The van der Waals surface area contributed by atoms with Gasteiger partial charge < -0.3 is 14.8 Å². The van der Waals surface area contributed by atoms with Gasteiger partial charge in [0.2, 0.25) is 5.91 Å². The van der Waals surface area contributed by atoms with Gasteiger partial charge in [0.1, 0.15) is 11.5 Å². The summed E-state index contributed by atoms with van der Waals surface area (Å²) in [5.41, 5.74) is 4.98. The molecule has 8 heteroatoms. The number of rotatable bonds is 6. The zero-order valence-corrected chi connectivity index (χ0v) is 16.3. The van der Waals surface area contributed by atoms with Gasteiger partial charge in [0.25, 0.3) is 5.91 Å². The average molecular weight is 405 g/mol. The van der Waals surface area contributed by atoms with Gasteiger partial charge >= 0.3 is 5.97 Å². The SMILES string of the molecule is CC(=O)Nc1cccc(C(=O)NN=Cc2ccc(-c3ccc(C(=O)O)cc3C)o2)c1. The normalized spacial score (nSPS) is 10.7. The molecule has 0 saturated heterocycles. The molecule has 0 atom stereocenters. The molecule has 0 aliphatic heterocycles. The molecule has 3 rings (SSSR count). The van der Waals surface area contributed by atoms with Crippen LogP contribution in [0.2, 0.25) is 0 Å². The van der Waals surface area contributed by atoms with Crippen molar-refractivity contribution in [3.8, 4) is 11.3 Å².